The molecule has 23 heteroatoms. The number of fused-ring (bicyclic) bond motifs is 10. The topological polar surface area (TPSA) is 228 Å². The molecule has 20 rings (SSSR count). The first kappa shape index (κ1) is 85.8. The van der Waals surface area contributed by atoms with Gasteiger partial charge in [0.2, 0.25) is 0 Å². The van der Waals surface area contributed by atoms with E-state index >= 15 is 0 Å². The first-order valence-electron chi connectivity index (χ1n) is 42.5. The van der Waals surface area contributed by atoms with Gasteiger partial charge in [-0.2, -0.15) is 0 Å². The molecule has 632 valence electrons. The Morgan fingerprint density at radius 1 is 0.362 bits per heavy atom. The molecule has 0 bridgehead atoms. The van der Waals surface area contributed by atoms with Crippen molar-refractivity contribution < 1.29 is 27.4 Å². The maximum absolute atomic E-state index is 13.3. The molecule has 0 saturated heterocycles. The number of rotatable bonds is 3. The van der Waals surface area contributed by atoms with Crippen LogP contribution in [0.5, 0.6) is 0 Å². The highest BCUT2D eigenvalue weighted by atomic mass is 19.1. The lowest BCUT2D eigenvalue weighted by atomic mass is 10.1. The van der Waals surface area contributed by atoms with Crippen molar-refractivity contribution in [2.75, 3.05) is 34.0 Å². The van der Waals surface area contributed by atoms with Crippen LogP contribution in [0.15, 0.2) is 237 Å². The normalized spacial score (nSPS) is 15.2. The summed E-state index contributed by atoms with van der Waals surface area (Å²) in [6.07, 6.45) is 15.5. The Kier molecular flexibility index (Phi) is 27.2. The predicted octanol–water partition coefficient (Wildman–Crippen LogP) is 14.9. The molecule has 0 radical (unpaired) electrons. The second kappa shape index (κ2) is 40.3. The molecule has 8 aromatic carbocycles. The van der Waals surface area contributed by atoms with Gasteiger partial charge in [0.15, 0.2) is 0 Å². The van der Waals surface area contributed by atoms with Crippen molar-refractivity contribution in [1.29, 1.82) is 0 Å². The second-order valence-corrected chi connectivity index (χ2v) is 31.5. The van der Waals surface area contributed by atoms with E-state index in [4.69, 9.17) is 29.2 Å². The van der Waals surface area contributed by atoms with Crippen LogP contribution in [-0.4, -0.2) is 97.9 Å². The Balaban J connectivity index is 0.000000117. The van der Waals surface area contributed by atoms with E-state index in [2.05, 4.69) is 86.1 Å². The molecular weight excluding hydrogens is 1600 g/mol. The summed E-state index contributed by atoms with van der Waals surface area (Å²) < 4.78 is 64.5. The fraction of sp³-hybridized carbons (Fsp3) is 0.250. The molecule has 0 N–H and O–H groups in total. The van der Waals surface area contributed by atoms with Gasteiger partial charge in [0, 0.05) is 123 Å². The van der Waals surface area contributed by atoms with E-state index in [-0.39, 0.29) is 57.4 Å². The standard InChI is InChI=1S/C22H19FN2O2.C21H17FN2O2.C21H19N3O.C20H15FN2O2.C20H17N3O/c1-27-18-8-10-21-24-20-14-16(6-5-15-3-2-4-17(23)13-15)7-9-19(20)22(26)25(21)12-11-18;1-26-13-17-8-10-20-23-19-12-15(7-9-18(19)21(25)24(17)20)6-5-14-3-2-4-16(22)11-14;1-15-5-4-7-20-23-19-13-16(8-10-17-6-2-3-12-22-17)9-11-18(19)21(25)24(20)14-15;21-16-6-3-14(4-7-16)1-2-15-5-8-17-18(13-15)22-19-9-11-25-12-10-23(19)20(17)24;24-20-17-11-9-15(8-10-16-6-3-4-12-21-16)14-18(17)22-19-7-2-1-5-13-23(19)20/h2-4,7,9,13-14,18H,8,10-12H2,1H3;2-4,7,9,11-12,17H,8,10,13H2,1H3;2-3,6,9,11-13,15H,4-5,7,14H2,1H3;3-8,13H,9-12H2;3-4,6,9,11-12,14H,1-2,5,7,13H2. The third kappa shape index (κ3) is 21.0. The number of aromatic nitrogens is 12. The van der Waals surface area contributed by atoms with Gasteiger partial charge in [-0.3, -0.25) is 46.8 Å². The molecule has 0 amide bonds. The molecule has 20 nitrogen and oxygen atoms in total. The number of ether oxygens (including phenoxy) is 3. The lowest BCUT2D eigenvalue weighted by Gasteiger charge is -2.13. The van der Waals surface area contributed by atoms with Crippen LogP contribution in [0.25, 0.3) is 54.5 Å². The molecule has 12 heterocycles. The minimum absolute atomic E-state index is 0.0172. The van der Waals surface area contributed by atoms with E-state index in [0.717, 1.165) is 169 Å². The molecule has 0 aliphatic carbocycles. The smallest absolute Gasteiger partial charge is 0.261 e. The number of aryl methyl sites for hydroxylation is 4. The monoisotopic (exact) mass is 1690 g/mol. The Morgan fingerprint density at radius 3 is 1.28 bits per heavy atom. The van der Waals surface area contributed by atoms with E-state index in [1.165, 1.54) is 36.4 Å². The van der Waals surface area contributed by atoms with E-state index < -0.39 is 0 Å². The Bertz CT molecular complexity index is 7380. The number of nitrogens with zero attached hydrogens (tertiary/aromatic N) is 12. The number of pyridine rings is 2. The van der Waals surface area contributed by atoms with Crippen LogP contribution < -0.4 is 27.8 Å². The zero-order valence-corrected chi connectivity index (χ0v) is 70.3. The van der Waals surface area contributed by atoms with Crippen molar-refractivity contribution in [2.45, 2.75) is 129 Å². The fourth-order valence-electron chi connectivity index (χ4n) is 16.0. The number of hydrogen-bond donors (Lipinski definition) is 0. The van der Waals surface area contributed by atoms with Crippen LogP contribution in [0.1, 0.15) is 149 Å². The highest BCUT2D eigenvalue weighted by Gasteiger charge is 2.27. The largest absolute Gasteiger partial charge is 0.383 e. The number of methoxy groups -OCH3 is 2. The Morgan fingerprint density at radius 2 is 0.787 bits per heavy atom. The van der Waals surface area contributed by atoms with Gasteiger partial charge in [-0.1, -0.05) is 85.0 Å². The summed E-state index contributed by atoms with van der Waals surface area (Å²) in [5.74, 6) is 34.0. The highest BCUT2D eigenvalue weighted by molar-refractivity contribution is 5.83. The van der Waals surface area contributed by atoms with Crippen LogP contribution in [0.2, 0.25) is 0 Å². The molecule has 15 aromatic rings. The van der Waals surface area contributed by atoms with Gasteiger partial charge in [-0.15, -0.1) is 0 Å². The first-order chi connectivity index (χ1) is 62.0. The van der Waals surface area contributed by atoms with Crippen molar-refractivity contribution in [3.8, 4) is 59.2 Å². The number of benzene rings is 8. The summed E-state index contributed by atoms with van der Waals surface area (Å²) in [6.45, 7) is 6.50. The molecule has 5 aliphatic rings. The third-order valence-corrected chi connectivity index (χ3v) is 22.6. The summed E-state index contributed by atoms with van der Waals surface area (Å²) in [7, 11) is 3.35. The second-order valence-electron chi connectivity index (χ2n) is 31.5. The summed E-state index contributed by atoms with van der Waals surface area (Å²) in [5, 5.41) is 3.09. The van der Waals surface area contributed by atoms with Crippen LogP contribution in [0.3, 0.4) is 0 Å². The molecule has 0 fully saturated rings. The van der Waals surface area contributed by atoms with E-state index in [0.29, 0.717) is 106 Å². The maximum atomic E-state index is 13.3. The van der Waals surface area contributed by atoms with Gasteiger partial charge in [-0.05, 0) is 239 Å². The van der Waals surface area contributed by atoms with E-state index in [9.17, 15) is 37.1 Å². The van der Waals surface area contributed by atoms with Crippen LogP contribution in [0.4, 0.5) is 13.2 Å². The van der Waals surface area contributed by atoms with Crippen LogP contribution in [0, 0.1) is 82.6 Å². The lowest BCUT2D eigenvalue weighted by Crippen LogP contribution is -2.26. The molecule has 3 unspecified atom stereocenters. The van der Waals surface area contributed by atoms with Crippen LogP contribution in [-0.2, 0) is 72.5 Å². The third-order valence-electron chi connectivity index (χ3n) is 22.6. The van der Waals surface area contributed by atoms with Crippen molar-refractivity contribution in [2.24, 2.45) is 5.92 Å². The predicted molar refractivity (Wildman–Crippen MR) is 485 cm³/mol. The van der Waals surface area contributed by atoms with Gasteiger partial charge in [-0.25, -0.2) is 48.1 Å². The zero-order chi connectivity index (χ0) is 87.7. The maximum Gasteiger partial charge on any atom is 0.261 e. The average Bonchev–Trinajstić information content (AvgIpc) is 1.61. The van der Waals surface area contributed by atoms with Crippen molar-refractivity contribution in [3.05, 3.63) is 367 Å². The van der Waals surface area contributed by atoms with E-state index in [1.807, 2.05) is 106 Å². The van der Waals surface area contributed by atoms with Gasteiger partial charge in [0.25, 0.3) is 27.8 Å². The van der Waals surface area contributed by atoms with Crippen molar-refractivity contribution in [1.82, 2.24) is 57.7 Å². The molecule has 127 heavy (non-hydrogen) atoms. The molecule has 5 aliphatic heterocycles. The first-order valence-corrected chi connectivity index (χ1v) is 42.5. The van der Waals surface area contributed by atoms with Gasteiger partial charge < -0.3 is 14.2 Å². The zero-order valence-electron chi connectivity index (χ0n) is 70.3. The highest BCUT2D eigenvalue weighted by Crippen LogP contribution is 2.27. The van der Waals surface area contributed by atoms with Crippen LogP contribution >= 0.6 is 0 Å². The quantitative estimate of drug-likeness (QED) is 0.150. The minimum atomic E-state index is -0.314. The lowest BCUT2D eigenvalue weighted by molar-refractivity contribution is 0.0885. The van der Waals surface area contributed by atoms with Gasteiger partial charge in [0.1, 0.15) is 58.0 Å². The van der Waals surface area contributed by atoms with Gasteiger partial charge in [0.05, 0.1) is 93.0 Å². The molecule has 7 aromatic heterocycles. The Hall–Kier alpha value is -14.8. The summed E-state index contributed by atoms with van der Waals surface area (Å²) in [6, 6.07) is 57.1. The van der Waals surface area contributed by atoms with E-state index in [1.54, 1.807) is 107 Å². The summed E-state index contributed by atoms with van der Waals surface area (Å²) in [5.41, 5.74) is 10.8. The SMILES string of the molecule is CC1CCCc2nc3cc(C#Cc4ccccn4)ccc3c(=O)n2C1.COC1CCc2nc3cc(C#Cc4cccc(F)c4)ccc3c(=O)n2CC1.COCC1CCc2nc3cc(C#Cc4cccc(F)c4)ccc3c(=O)n21.O=c1c2ccc(C#Cc3ccc(F)cc3)cc2nc2n1CCOCC2.O=c1c2ccc(C#Cc3ccccn3)cc2nc2n1CCCCC2. The molecule has 0 spiro atoms. The van der Waals surface area contributed by atoms with Gasteiger partial charge >= 0.3 is 0 Å². The number of halogens is 3. The van der Waals surface area contributed by atoms with Crippen molar-refractivity contribution in [3.63, 3.8) is 0 Å². The Labute approximate surface area is 730 Å². The average molecular weight is 1690 g/mol. The number of hydrogen-bond acceptors (Lipinski definition) is 15. The molecular formula is C104H87F3N12O8. The molecule has 3 atom stereocenters. The minimum Gasteiger partial charge on any atom is -0.383 e. The summed E-state index contributed by atoms with van der Waals surface area (Å²) in [4.78, 5) is 95.8. The van der Waals surface area contributed by atoms with Crippen molar-refractivity contribution >= 4 is 54.5 Å². The summed E-state index contributed by atoms with van der Waals surface area (Å²) >= 11 is 0. The molecule has 0 saturated carbocycles. The fourth-order valence-corrected chi connectivity index (χ4v) is 16.0.